The molecule has 1 atom stereocenters. The van der Waals surface area contributed by atoms with Crippen molar-refractivity contribution in [1.29, 1.82) is 0 Å². The Labute approximate surface area is 118 Å². The molecule has 2 rings (SSSR count). The Hall–Kier alpha value is -1.37. The smallest absolute Gasteiger partial charge is 0.271 e. The fourth-order valence-electron chi connectivity index (χ4n) is 1.93. The van der Waals surface area contributed by atoms with E-state index >= 15 is 0 Å². The molecule has 1 amide bonds. The van der Waals surface area contributed by atoms with Crippen molar-refractivity contribution in [2.45, 2.75) is 12.5 Å². The molecule has 0 aromatic heterocycles. The van der Waals surface area contributed by atoms with E-state index in [1.165, 1.54) is 4.90 Å². The number of hydrogen-bond acceptors (Lipinski definition) is 4. The number of hydrogen-bond donors (Lipinski definition) is 1. The van der Waals surface area contributed by atoms with E-state index in [2.05, 4.69) is 0 Å². The summed E-state index contributed by atoms with van der Waals surface area (Å²) < 4.78 is 0. The van der Waals surface area contributed by atoms with Gasteiger partial charge >= 0.3 is 0 Å². The first-order chi connectivity index (χ1) is 8.90. The summed E-state index contributed by atoms with van der Waals surface area (Å²) in [6.07, 6.45) is -0.0941. The Morgan fingerprint density at radius 3 is 2.68 bits per heavy atom. The zero-order valence-electron chi connectivity index (χ0n) is 9.68. The maximum atomic E-state index is 12.2. The molecule has 19 heavy (non-hydrogen) atoms. The topological polar surface area (TPSA) is 83.7 Å². The molecule has 1 aromatic carbocycles. The van der Waals surface area contributed by atoms with Crippen molar-refractivity contribution in [2.24, 2.45) is 0 Å². The first kappa shape index (κ1) is 14.0. The monoisotopic (exact) mass is 304 g/mol. The molecule has 0 saturated carbocycles. The van der Waals surface area contributed by atoms with Crippen LogP contribution in [0.2, 0.25) is 10.0 Å². The molecule has 1 fully saturated rings. The average molecular weight is 305 g/mol. The van der Waals surface area contributed by atoms with Crippen molar-refractivity contribution in [3.05, 3.63) is 37.9 Å². The minimum absolute atomic E-state index is 0.0151. The fraction of sp³-hybridized carbons (Fsp3) is 0.364. The summed E-state index contributed by atoms with van der Waals surface area (Å²) in [6, 6.07) is 2.20. The summed E-state index contributed by atoms with van der Waals surface area (Å²) >= 11 is 11.7. The van der Waals surface area contributed by atoms with Crippen LogP contribution in [0.4, 0.5) is 5.69 Å². The highest BCUT2D eigenvalue weighted by Crippen LogP contribution is 2.32. The van der Waals surface area contributed by atoms with Gasteiger partial charge in [0.25, 0.3) is 11.6 Å². The van der Waals surface area contributed by atoms with Gasteiger partial charge in [0.2, 0.25) is 0 Å². The normalized spacial score (nSPS) is 18.7. The number of rotatable bonds is 2. The van der Waals surface area contributed by atoms with Crippen molar-refractivity contribution >= 4 is 34.8 Å². The molecule has 0 radical (unpaired) electrons. The van der Waals surface area contributed by atoms with Gasteiger partial charge in [0.1, 0.15) is 0 Å². The number of amides is 1. The molecule has 1 N–H and O–H groups in total. The van der Waals surface area contributed by atoms with Crippen molar-refractivity contribution < 1.29 is 14.8 Å². The highest BCUT2D eigenvalue weighted by molar-refractivity contribution is 6.44. The third kappa shape index (κ3) is 2.80. The number of nitrogens with zero attached hydrogens (tertiary/aromatic N) is 2. The zero-order valence-corrected chi connectivity index (χ0v) is 11.2. The predicted molar refractivity (Wildman–Crippen MR) is 69.6 cm³/mol. The number of non-ortho nitro benzene ring substituents is 1. The Balaban J connectivity index is 2.38. The van der Waals surface area contributed by atoms with Crippen LogP contribution in [0.15, 0.2) is 12.1 Å². The second-order valence-corrected chi connectivity index (χ2v) is 5.03. The number of benzene rings is 1. The standard InChI is InChI=1S/C11H10Cl2N2O4/c12-9-4-6(15(18)19)3-8(10(9)13)11(17)14-2-1-7(16)5-14/h3-4,7,16H,1-2,5H2/t7-/m1/s1. The van der Waals surface area contributed by atoms with E-state index in [0.717, 1.165) is 12.1 Å². The highest BCUT2D eigenvalue weighted by Gasteiger charge is 2.28. The highest BCUT2D eigenvalue weighted by atomic mass is 35.5. The summed E-state index contributed by atoms with van der Waals surface area (Å²) in [5.74, 6) is -0.466. The number of likely N-dealkylation sites (tertiary alicyclic amines) is 1. The number of nitro groups is 1. The van der Waals surface area contributed by atoms with Crippen molar-refractivity contribution in [3.63, 3.8) is 0 Å². The van der Waals surface area contributed by atoms with Crippen LogP contribution in [0.3, 0.4) is 0 Å². The molecule has 1 saturated heterocycles. The van der Waals surface area contributed by atoms with Crippen LogP contribution in [0.25, 0.3) is 0 Å². The Bertz CT molecular complexity index is 550. The van der Waals surface area contributed by atoms with Crippen LogP contribution < -0.4 is 0 Å². The van der Waals surface area contributed by atoms with Gasteiger partial charge in [-0.05, 0) is 6.42 Å². The first-order valence-electron chi connectivity index (χ1n) is 5.51. The molecular formula is C11H10Cl2N2O4. The minimum atomic E-state index is -0.641. The van der Waals surface area contributed by atoms with Gasteiger partial charge in [-0.1, -0.05) is 23.2 Å². The summed E-state index contributed by atoms with van der Waals surface area (Å²) in [5, 5.41) is 20.1. The minimum Gasteiger partial charge on any atom is -0.391 e. The molecule has 1 heterocycles. The molecule has 1 aliphatic heterocycles. The third-order valence-electron chi connectivity index (χ3n) is 2.90. The van der Waals surface area contributed by atoms with Gasteiger partial charge in [-0.25, -0.2) is 0 Å². The van der Waals surface area contributed by atoms with Crippen LogP contribution >= 0.6 is 23.2 Å². The second-order valence-electron chi connectivity index (χ2n) is 4.24. The van der Waals surface area contributed by atoms with E-state index in [4.69, 9.17) is 23.2 Å². The average Bonchev–Trinajstić information content (AvgIpc) is 2.78. The summed E-state index contributed by atoms with van der Waals surface area (Å²) in [7, 11) is 0. The van der Waals surface area contributed by atoms with Crippen LogP contribution in [-0.2, 0) is 0 Å². The summed E-state index contributed by atoms with van der Waals surface area (Å²) in [6.45, 7) is 0.576. The van der Waals surface area contributed by atoms with Crippen LogP contribution in [-0.4, -0.2) is 40.0 Å². The van der Waals surface area contributed by atoms with Crippen LogP contribution in [0.1, 0.15) is 16.8 Å². The van der Waals surface area contributed by atoms with E-state index in [0.29, 0.717) is 13.0 Å². The maximum absolute atomic E-state index is 12.2. The Morgan fingerprint density at radius 2 is 2.16 bits per heavy atom. The van der Waals surface area contributed by atoms with Gasteiger partial charge in [0.15, 0.2) is 0 Å². The zero-order chi connectivity index (χ0) is 14.2. The number of β-amino-alcohol motifs (C(OH)–C–C–N with tert-alkyl or cyclic N) is 1. The number of halogens is 2. The molecule has 6 nitrogen and oxygen atoms in total. The number of aliphatic hydroxyl groups is 1. The van der Waals surface area contributed by atoms with E-state index in [1.54, 1.807) is 0 Å². The SMILES string of the molecule is O=C(c1cc([N+](=O)[O-])cc(Cl)c1Cl)N1CC[C@@H](O)C1. The maximum Gasteiger partial charge on any atom is 0.271 e. The molecule has 8 heteroatoms. The third-order valence-corrected chi connectivity index (χ3v) is 3.71. The lowest BCUT2D eigenvalue weighted by Gasteiger charge is -2.16. The second kappa shape index (κ2) is 5.32. The molecule has 1 aromatic rings. The lowest BCUT2D eigenvalue weighted by Crippen LogP contribution is -2.29. The first-order valence-corrected chi connectivity index (χ1v) is 6.26. The number of nitro benzene ring substituents is 1. The van der Waals surface area contributed by atoms with Crippen LogP contribution in [0.5, 0.6) is 0 Å². The van der Waals surface area contributed by atoms with E-state index in [1.807, 2.05) is 0 Å². The molecule has 0 spiro atoms. The molecular weight excluding hydrogens is 295 g/mol. The van der Waals surface area contributed by atoms with E-state index in [9.17, 15) is 20.0 Å². The lowest BCUT2D eigenvalue weighted by molar-refractivity contribution is -0.384. The van der Waals surface area contributed by atoms with Gasteiger partial charge in [-0.2, -0.15) is 0 Å². The number of aliphatic hydroxyl groups excluding tert-OH is 1. The summed E-state index contributed by atoms with van der Waals surface area (Å²) in [5.41, 5.74) is -0.313. The van der Waals surface area contributed by atoms with Gasteiger partial charge in [-0.3, -0.25) is 14.9 Å². The Kier molecular flexibility index (Phi) is 3.93. The molecule has 102 valence electrons. The molecule has 0 unspecified atom stereocenters. The number of carbonyl (C=O) groups is 1. The molecule has 1 aliphatic rings. The molecule has 0 bridgehead atoms. The van der Waals surface area contributed by atoms with Crippen molar-refractivity contribution in [1.82, 2.24) is 4.90 Å². The predicted octanol–water partition coefficient (Wildman–Crippen LogP) is 2.11. The lowest BCUT2D eigenvalue weighted by atomic mass is 10.1. The van der Waals surface area contributed by atoms with Gasteiger partial charge in [0.05, 0.1) is 26.6 Å². The van der Waals surface area contributed by atoms with Crippen molar-refractivity contribution in [2.75, 3.05) is 13.1 Å². The van der Waals surface area contributed by atoms with Gasteiger partial charge in [0, 0.05) is 25.2 Å². The Morgan fingerprint density at radius 1 is 1.47 bits per heavy atom. The van der Waals surface area contributed by atoms with Crippen LogP contribution in [0, 0.1) is 10.1 Å². The largest absolute Gasteiger partial charge is 0.391 e. The van der Waals surface area contributed by atoms with Gasteiger partial charge in [-0.15, -0.1) is 0 Å². The van der Waals surface area contributed by atoms with Gasteiger partial charge < -0.3 is 10.0 Å². The fourth-order valence-corrected chi connectivity index (χ4v) is 2.34. The number of carbonyl (C=O) groups excluding carboxylic acids is 1. The molecule has 0 aliphatic carbocycles. The quantitative estimate of drug-likeness (QED) is 0.670. The van der Waals surface area contributed by atoms with E-state index in [-0.39, 0.29) is 27.8 Å². The van der Waals surface area contributed by atoms with E-state index < -0.39 is 16.9 Å². The summed E-state index contributed by atoms with van der Waals surface area (Å²) in [4.78, 5) is 23.7. The van der Waals surface area contributed by atoms with Crippen molar-refractivity contribution in [3.8, 4) is 0 Å².